The van der Waals surface area contributed by atoms with Crippen molar-refractivity contribution in [2.24, 2.45) is 0 Å². The molecular weight excluding hydrogens is 422 g/mol. The molecule has 0 radical (unpaired) electrons. The smallest absolute Gasteiger partial charge is 0.336 e. The van der Waals surface area contributed by atoms with E-state index in [-0.39, 0.29) is 6.42 Å². The van der Waals surface area contributed by atoms with Crippen molar-refractivity contribution in [1.29, 1.82) is 0 Å². The fourth-order valence-corrected chi connectivity index (χ4v) is 3.69. The number of aliphatic carboxylic acids is 1. The number of carboxylic acids is 1. The van der Waals surface area contributed by atoms with Gasteiger partial charge in [0, 0.05) is 23.4 Å². The first kappa shape index (κ1) is 24.0. The van der Waals surface area contributed by atoms with Crippen molar-refractivity contribution in [2.45, 2.75) is 58.6 Å². The Morgan fingerprint density at radius 2 is 1.88 bits per heavy atom. The highest BCUT2D eigenvalue weighted by Gasteiger charge is 2.25. The van der Waals surface area contributed by atoms with Crippen LogP contribution < -0.4 is 15.7 Å². The molecule has 33 heavy (non-hydrogen) atoms. The average molecular weight is 452 g/mol. The summed E-state index contributed by atoms with van der Waals surface area (Å²) >= 11 is 0. The standard InChI is InChI=1S/C26H29NO6/c1-4-5-11-19-15-23(28)33-24-16(2)22(13-12-20(19)24)32-17(3)25(29)27-21(26(30)31)14-18-9-7-6-8-10-18/h6-10,12-13,15,17,21H,4-5,11,14H2,1-3H3,(H,27,29)(H,30,31). The minimum absolute atomic E-state index is 0.162. The van der Waals surface area contributed by atoms with Crippen molar-refractivity contribution < 1.29 is 23.8 Å². The van der Waals surface area contributed by atoms with E-state index in [0.717, 1.165) is 35.8 Å². The van der Waals surface area contributed by atoms with Crippen LogP contribution in [0.5, 0.6) is 5.75 Å². The topological polar surface area (TPSA) is 106 Å². The molecule has 1 amide bonds. The van der Waals surface area contributed by atoms with Gasteiger partial charge in [0.1, 0.15) is 17.4 Å². The highest BCUT2D eigenvalue weighted by molar-refractivity contribution is 5.87. The Labute approximate surface area is 192 Å². The zero-order chi connectivity index (χ0) is 24.0. The van der Waals surface area contributed by atoms with Crippen molar-refractivity contribution in [3.05, 3.63) is 75.6 Å². The number of fused-ring (bicyclic) bond motifs is 1. The lowest BCUT2D eigenvalue weighted by molar-refractivity contribution is -0.142. The van der Waals surface area contributed by atoms with E-state index in [1.807, 2.05) is 36.4 Å². The summed E-state index contributed by atoms with van der Waals surface area (Å²) in [5.74, 6) is -1.27. The quantitative estimate of drug-likeness (QED) is 0.451. The van der Waals surface area contributed by atoms with Crippen LogP contribution in [0.25, 0.3) is 11.0 Å². The molecule has 7 heteroatoms. The second-order valence-corrected chi connectivity index (χ2v) is 8.11. The molecule has 174 valence electrons. The minimum atomic E-state index is -1.12. The lowest BCUT2D eigenvalue weighted by Crippen LogP contribution is -2.47. The molecule has 0 fully saturated rings. The average Bonchev–Trinajstić information content (AvgIpc) is 2.79. The maximum absolute atomic E-state index is 12.7. The molecule has 1 heterocycles. The molecule has 3 aromatic rings. The van der Waals surface area contributed by atoms with Gasteiger partial charge < -0.3 is 19.6 Å². The summed E-state index contributed by atoms with van der Waals surface area (Å²) in [5.41, 5.74) is 2.35. The molecule has 0 saturated heterocycles. The maximum atomic E-state index is 12.7. The molecule has 1 aromatic heterocycles. The Morgan fingerprint density at radius 1 is 1.15 bits per heavy atom. The Bertz CT molecular complexity index is 1180. The molecule has 0 saturated carbocycles. The van der Waals surface area contributed by atoms with E-state index >= 15 is 0 Å². The Morgan fingerprint density at radius 3 is 2.55 bits per heavy atom. The molecule has 0 aliphatic rings. The summed E-state index contributed by atoms with van der Waals surface area (Å²) in [6.45, 7) is 5.41. The maximum Gasteiger partial charge on any atom is 0.336 e. The molecule has 2 N–H and O–H groups in total. The largest absolute Gasteiger partial charge is 0.480 e. The van der Waals surface area contributed by atoms with Gasteiger partial charge in [-0.15, -0.1) is 0 Å². The molecule has 2 unspecified atom stereocenters. The van der Waals surface area contributed by atoms with E-state index in [4.69, 9.17) is 9.15 Å². The lowest BCUT2D eigenvalue weighted by atomic mass is 10.0. The van der Waals surface area contributed by atoms with E-state index in [1.54, 1.807) is 19.9 Å². The van der Waals surface area contributed by atoms with Gasteiger partial charge in [-0.1, -0.05) is 43.7 Å². The molecule has 2 aromatic carbocycles. The van der Waals surface area contributed by atoms with Crippen LogP contribution in [0.4, 0.5) is 0 Å². The van der Waals surface area contributed by atoms with Gasteiger partial charge in [0.15, 0.2) is 6.10 Å². The number of ether oxygens (including phenoxy) is 1. The summed E-state index contributed by atoms with van der Waals surface area (Å²) in [7, 11) is 0. The molecular formula is C26H29NO6. The second kappa shape index (κ2) is 10.8. The summed E-state index contributed by atoms with van der Waals surface area (Å²) in [5, 5.41) is 12.9. The van der Waals surface area contributed by atoms with Gasteiger partial charge in [0.05, 0.1) is 0 Å². The van der Waals surface area contributed by atoms with Gasteiger partial charge in [0.25, 0.3) is 5.91 Å². The van der Waals surface area contributed by atoms with Crippen LogP contribution in [-0.2, 0) is 22.4 Å². The van der Waals surface area contributed by atoms with E-state index in [0.29, 0.717) is 16.9 Å². The number of aryl methyl sites for hydroxylation is 2. The van der Waals surface area contributed by atoms with Crippen molar-refractivity contribution in [2.75, 3.05) is 0 Å². The van der Waals surface area contributed by atoms with Crippen molar-refractivity contribution >= 4 is 22.8 Å². The molecule has 7 nitrogen and oxygen atoms in total. The van der Waals surface area contributed by atoms with E-state index in [2.05, 4.69) is 12.2 Å². The fourth-order valence-electron chi connectivity index (χ4n) is 3.69. The third-order valence-electron chi connectivity index (χ3n) is 5.57. The van der Waals surface area contributed by atoms with E-state index in [1.165, 1.54) is 6.07 Å². The van der Waals surface area contributed by atoms with Crippen LogP contribution in [0.1, 0.15) is 43.4 Å². The number of hydrogen-bond acceptors (Lipinski definition) is 5. The van der Waals surface area contributed by atoms with Crippen molar-refractivity contribution in [1.82, 2.24) is 5.32 Å². The zero-order valence-corrected chi connectivity index (χ0v) is 19.1. The van der Waals surface area contributed by atoms with Crippen LogP contribution in [0.15, 0.2) is 57.7 Å². The number of carbonyl (C=O) groups is 2. The third-order valence-corrected chi connectivity index (χ3v) is 5.57. The second-order valence-electron chi connectivity index (χ2n) is 8.11. The Hall–Kier alpha value is -3.61. The van der Waals surface area contributed by atoms with Gasteiger partial charge in [-0.25, -0.2) is 9.59 Å². The first-order chi connectivity index (χ1) is 15.8. The number of amides is 1. The molecule has 2 atom stereocenters. The summed E-state index contributed by atoms with van der Waals surface area (Å²) in [6.07, 6.45) is 1.95. The Kier molecular flexibility index (Phi) is 7.87. The predicted molar refractivity (Wildman–Crippen MR) is 126 cm³/mol. The molecule has 0 spiro atoms. The number of benzene rings is 2. The van der Waals surface area contributed by atoms with Crippen molar-refractivity contribution in [3.8, 4) is 5.75 Å². The summed E-state index contributed by atoms with van der Waals surface area (Å²) in [6, 6.07) is 13.1. The number of carboxylic acid groups (broad SMARTS) is 1. The van der Waals surface area contributed by atoms with E-state index in [9.17, 15) is 19.5 Å². The number of hydrogen-bond donors (Lipinski definition) is 2. The highest BCUT2D eigenvalue weighted by atomic mass is 16.5. The highest BCUT2D eigenvalue weighted by Crippen LogP contribution is 2.29. The van der Waals surface area contributed by atoms with Gasteiger partial charge >= 0.3 is 11.6 Å². The van der Waals surface area contributed by atoms with Crippen LogP contribution in [0.3, 0.4) is 0 Å². The number of rotatable bonds is 10. The number of nitrogens with one attached hydrogen (secondary N) is 1. The Balaban J connectivity index is 1.77. The van der Waals surface area contributed by atoms with Crippen LogP contribution in [0, 0.1) is 6.92 Å². The lowest BCUT2D eigenvalue weighted by Gasteiger charge is -2.20. The van der Waals surface area contributed by atoms with Gasteiger partial charge in [0.2, 0.25) is 0 Å². The first-order valence-corrected chi connectivity index (χ1v) is 11.1. The normalized spacial score (nSPS) is 12.8. The SMILES string of the molecule is CCCCc1cc(=O)oc2c(C)c(OC(C)C(=O)NC(Cc3ccccc3)C(=O)O)ccc12. The van der Waals surface area contributed by atoms with Gasteiger partial charge in [-0.2, -0.15) is 0 Å². The summed E-state index contributed by atoms with van der Waals surface area (Å²) in [4.78, 5) is 36.4. The van der Waals surface area contributed by atoms with Crippen LogP contribution in [0.2, 0.25) is 0 Å². The summed E-state index contributed by atoms with van der Waals surface area (Å²) < 4.78 is 11.3. The fraction of sp³-hybridized carbons (Fsp3) is 0.346. The predicted octanol–water partition coefficient (Wildman–Crippen LogP) is 4.02. The molecule has 0 aliphatic carbocycles. The van der Waals surface area contributed by atoms with Crippen LogP contribution >= 0.6 is 0 Å². The molecule has 0 aliphatic heterocycles. The number of carbonyl (C=O) groups excluding carboxylic acids is 1. The monoisotopic (exact) mass is 451 g/mol. The van der Waals surface area contributed by atoms with Crippen LogP contribution in [-0.4, -0.2) is 29.1 Å². The van der Waals surface area contributed by atoms with Crippen molar-refractivity contribution in [3.63, 3.8) is 0 Å². The zero-order valence-electron chi connectivity index (χ0n) is 19.1. The molecule has 0 bridgehead atoms. The van der Waals surface area contributed by atoms with Gasteiger partial charge in [-0.05, 0) is 49.9 Å². The molecule has 3 rings (SSSR count). The van der Waals surface area contributed by atoms with Gasteiger partial charge in [-0.3, -0.25) is 4.79 Å². The van der Waals surface area contributed by atoms with E-state index < -0.39 is 29.6 Å². The number of unbranched alkanes of at least 4 members (excludes halogenated alkanes) is 1. The minimum Gasteiger partial charge on any atom is -0.480 e. The third kappa shape index (κ3) is 6.00. The first-order valence-electron chi connectivity index (χ1n) is 11.1.